The highest BCUT2D eigenvalue weighted by atomic mass is 16.5. The number of ether oxygens (including phenoxy) is 1. The van der Waals surface area contributed by atoms with E-state index in [4.69, 9.17) is 10.5 Å². The van der Waals surface area contributed by atoms with Crippen molar-refractivity contribution in [3.05, 3.63) is 0 Å². The fraction of sp³-hybridized carbons (Fsp3) is 0.882. The first-order chi connectivity index (χ1) is 10.6. The Morgan fingerprint density at radius 1 is 1.09 bits per heavy atom. The third kappa shape index (κ3) is 4.97. The zero-order valence-electron chi connectivity index (χ0n) is 13.8. The lowest BCUT2D eigenvalue weighted by atomic mass is 9.98. The van der Waals surface area contributed by atoms with E-state index in [1.807, 2.05) is 11.8 Å². The Morgan fingerprint density at radius 2 is 1.73 bits per heavy atom. The fourth-order valence-corrected chi connectivity index (χ4v) is 3.69. The summed E-state index contributed by atoms with van der Waals surface area (Å²) in [7, 11) is 0. The van der Waals surface area contributed by atoms with Crippen molar-refractivity contribution in [3.8, 4) is 0 Å². The molecule has 1 aliphatic heterocycles. The summed E-state index contributed by atoms with van der Waals surface area (Å²) in [5, 5.41) is 0. The number of amides is 2. The first-order valence-corrected chi connectivity index (χ1v) is 8.82. The number of carbonyl (C=O) groups excluding carboxylic acids is 2. The first kappa shape index (κ1) is 17.3. The molecule has 2 N–H and O–H groups in total. The lowest BCUT2D eigenvalue weighted by molar-refractivity contribution is -0.151. The highest BCUT2D eigenvalue weighted by molar-refractivity contribution is 5.82. The smallest absolute Gasteiger partial charge is 0.251 e. The van der Waals surface area contributed by atoms with Crippen molar-refractivity contribution >= 4 is 11.8 Å². The number of hydrogen-bond acceptors (Lipinski definition) is 3. The lowest BCUT2D eigenvalue weighted by Crippen LogP contribution is -2.49. The molecule has 0 unspecified atom stereocenters. The van der Waals surface area contributed by atoms with E-state index in [1.165, 1.54) is 25.7 Å². The number of likely N-dealkylation sites (tertiary alicyclic amines) is 1. The van der Waals surface area contributed by atoms with E-state index in [2.05, 4.69) is 0 Å². The maximum atomic E-state index is 12.7. The molecule has 5 heteroatoms. The molecule has 0 bridgehead atoms. The minimum absolute atomic E-state index is 0.0233. The van der Waals surface area contributed by atoms with Gasteiger partial charge >= 0.3 is 0 Å². The molecular weight excluding hydrogens is 280 g/mol. The standard InChI is InChI=1S/C17H30N2O3/c1-13(22-15-9-4-2-3-5-10-15)17(21)19-11-7-6-8-14(19)12-16(18)20/h13-15H,2-12H2,1H3,(H2,18,20)/t13-,14+/m0/s1. The number of nitrogens with zero attached hydrogens (tertiary/aromatic N) is 1. The summed E-state index contributed by atoms with van der Waals surface area (Å²) in [5.74, 6) is -0.308. The van der Waals surface area contributed by atoms with Crippen LogP contribution in [0.5, 0.6) is 0 Å². The number of piperidine rings is 1. The molecule has 0 radical (unpaired) electrons. The van der Waals surface area contributed by atoms with E-state index in [0.29, 0.717) is 0 Å². The van der Waals surface area contributed by atoms with Crippen LogP contribution in [0.25, 0.3) is 0 Å². The maximum absolute atomic E-state index is 12.7. The van der Waals surface area contributed by atoms with E-state index in [1.54, 1.807) is 0 Å². The van der Waals surface area contributed by atoms with Crippen LogP contribution >= 0.6 is 0 Å². The average Bonchev–Trinajstić information content (AvgIpc) is 2.75. The summed E-state index contributed by atoms with van der Waals surface area (Å²) in [6.45, 7) is 2.57. The predicted molar refractivity (Wildman–Crippen MR) is 85.2 cm³/mol. The zero-order chi connectivity index (χ0) is 15.9. The van der Waals surface area contributed by atoms with E-state index in [-0.39, 0.29) is 30.4 Å². The Kier molecular flexibility index (Phi) is 6.68. The highest BCUT2D eigenvalue weighted by Gasteiger charge is 2.32. The summed E-state index contributed by atoms with van der Waals surface area (Å²) >= 11 is 0. The predicted octanol–water partition coefficient (Wildman–Crippen LogP) is 2.37. The van der Waals surface area contributed by atoms with Gasteiger partial charge in [0.05, 0.1) is 6.10 Å². The number of hydrogen-bond donors (Lipinski definition) is 1. The van der Waals surface area contributed by atoms with Gasteiger partial charge in [-0.15, -0.1) is 0 Å². The average molecular weight is 310 g/mol. The molecule has 5 nitrogen and oxygen atoms in total. The third-order valence-electron chi connectivity index (χ3n) is 4.89. The number of carbonyl (C=O) groups is 2. The van der Waals surface area contributed by atoms with Gasteiger partial charge in [-0.2, -0.15) is 0 Å². The number of primary amides is 1. The Balaban J connectivity index is 1.90. The topological polar surface area (TPSA) is 72.6 Å². The minimum atomic E-state index is -0.420. The normalized spacial score (nSPS) is 25.5. The third-order valence-corrected chi connectivity index (χ3v) is 4.89. The van der Waals surface area contributed by atoms with Crippen molar-refractivity contribution in [3.63, 3.8) is 0 Å². The zero-order valence-corrected chi connectivity index (χ0v) is 13.8. The van der Waals surface area contributed by atoms with Gasteiger partial charge in [0.25, 0.3) is 5.91 Å². The van der Waals surface area contributed by atoms with Crippen LogP contribution in [0, 0.1) is 0 Å². The summed E-state index contributed by atoms with van der Waals surface area (Å²) in [6, 6.07) is -0.0427. The summed E-state index contributed by atoms with van der Waals surface area (Å²) in [5.41, 5.74) is 5.32. The second-order valence-electron chi connectivity index (χ2n) is 6.74. The fourth-order valence-electron chi connectivity index (χ4n) is 3.69. The molecule has 2 amide bonds. The molecule has 2 rings (SSSR count). The molecule has 0 aromatic rings. The minimum Gasteiger partial charge on any atom is -0.370 e. The Hall–Kier alpha value is -1.10. The van der Waals surface area contributed by atoms with Crippen molar-refractivity contribution < 1.29 is 14.3 Å². The lowest BCUT2D eigenvalue weighted by Gasteiger charge is -2.37. The van der Waals surface area contributed by atoms with Gasteiger partial charge in [-0.3, -0.25) is 9.59 Å². The Bertz CT molecular complexity index is 378. The second-order valence-corrected chi connectivity index (χ2v) is 6.74. The van der Waals surface area contributed by atoms with Crippen LogP contribution in [0.1, 0.15) is 71.1 Å². The van der Waals surface area contributed by atoms with Gasteiger partial charge in [-0.1, -0.05) is 25.7 Å². The molecule has 2 aliphatic rings. The van der Waals surface area contributed by atoms with E-state index in [9.17, 15) is 9.59 Å². The van der Waals surface area contributed by atoms with Gasteiger partial charge in [0.1, 0.15) is 6.10 Å². The molecule has 1 saturated heterocycles. The van der Waals surface area contributed by atoms with Gasteiger partial charge in [0, 0.05) is 19.0 Å². The number of rotatable bonds is 5. The van der Waals surface area contributed by atoms with Crippen LogP contribution in [0.3, 0.4) is 0 Å². The van der Waals surface area contributed by atoms with Crippen molar-refractivity contribution in [2.75, 3.05) is 6.54 Å². The second kappa shape index (κ2) is 8.51. The van der Waals surface area contributed by atoms with E-state index < -0.39 is 6.10 Å². The van der Waals surface area contributed by atoms with Crippen LogP contribution in [0.4, 0.5) is 0 Å². The van der Waals surface area contributed by atoms with Crippen LogP contribution in [-0.2, 0) is 14.3 Å². The van der Waals surface area contributed by atoms with Crippen molar-refractivity contribution in [1.29, 1.82) is 0 Å². The van der Waals surface area contributed by atoms with Gasteiger partial charge < -0.3 is 15.4 Å². The van der Waals surface area contributed by atoms with Crippen molar-refractivity contribution in [1.82, 2.24) is 4.90 Å². The Morgan fingerprint density at radius 3 is 2.36 bits per heavy atom. The van der Waals surface area contributed by atoms with Crippen LogP contribution < -0.4 is 5.73 Å². The summed E-state index contributed by atoms with van der Waals surface area (Å²) in [6.07, 6.45) is 10.0. The van der Waals surface area contributed by atoms with Gasteiger partial charge in [-0.05, 0) is 39.0 Å². The SMILES string of the molecule is C[C@H](OC1CCCCCC1)C(=O)N1CCCC[C@@H]1CC(N)=O. The quantitative estimate of drug-likeness (QED) is 0.792. The maximum Gasteiger partial charge on any atom is 0.251 e. The molecule has 1 aliphatic carbocycles. The molecule has 2 fully saturated rings. The van der Waals surface area contributed by atoms with Gasteiger partial charge in [-0.25, -0.2) is 0 Å². The van der Waals surface area contributed by atoms with E-state index in [0.717, 1.165) is 38.6 Å². The van der Waals surface area contributed by atoms with Crippen LogP contribution in [0.15, 0.2) is 0 Å². The molecule has 0 spiro atoms. The van der Waals surface area contributed by atoms with Gasteiger partial charge in [0.15, 0.2) is 0 Å². The molecule has 1 saturated carbocycles. The molecule has 126 valence electrons. The van der Waals surface area contributed by atoms with Crippen LogP contribution in [-0.4, -0.2) is 41.5 Å². The monoisotopic (exact) mass is 310 g/mol. The van der Waals surface area contributed by atoms with Gasteiger partial charge in [0.2, 0.25) is 5.91 Å². The molecule has 0 aromatic heterocycles. The molecule has 2 atom stereocenters. The number of nitrogens with two attached hydrogens (primary N) is 1. The van der Waals surface area contributed by atoms with Crippen molar-refractivity contribution in [2.24, 2.45) is 5.73 Å². The van der Waals surface area contributed by atoms with Crippen molar-refractivity contribution in [2.45, 2.75) is 89.4 Å². The first-order valence-electron chi connectivity index (χ1n) is 8.82. The molecule has 0 aromatic carbocycles. The highest BCUT2D eigenvalue weighted by Crippen LogP contribution is 2.24. The van der Waals surface area contributed by atoms with E-state index >= 15 is 0 Å². The molecule has 1 heterocycles. The summed E-state index contributed by atoms with van der Waals surface area (Å²) < 4.78 is 6.03. The largest absolute Gasteiger partial charge is 0.370 e. The summed E-state index contributed by atoms with van der Waals surface area (Å²) in [4.78, 5) is 25.7. The molecular formula is C17H30N2O3. The molecule has 22 heavy (non-hydrogen) atoms. The Labute approximate surface area is 133 Å². The van der Waals surface area contributed by atoms with Crippen LogP contribution in [0.2, 0.25) is 0 Å².